The van der Waals surface area contributed by atoms with E-state index < -0.39 is 6.67 Å². The predicted octanol–water partition coefficient (Wildman–Crippen LogP) is 2.12. The van der Waals surface area contributed by atoms with Crippen LogP contribution in [-0.2, 0) is 0 Å². The maximum atomic E-state index is 12.3. The molecule has 0 bridgehead atoms. The fourth-order valence-electron chi connectivity index (χ4n) is 1.14. The summed E-state index contributed by atoms with van der Waals surface area (Å²) in [5.74, 6) is 5.50. The minimum Gasteiger partial charge on any atom is -0.380 e. The molecule has 0 saturated heterocycles. The Morgan fingerprint density at radius 1 is 1.47 bits per heavy atom. The van der Waals surface area contributed by atoms with Crippen LogP contribution in [0.2, 0.25) is 0 Å². The highest BCUT2D eigenvalue weighted by Crippen LogP contribution is 2.37. The first kappa shape index (κ1) is 15.9. The highest BCUT2D eigenvalue weighted by atomic mass is 31.1. The number of halogens is 1. The molecule has 0 atom stereocenters. The van der Waals surface area contributed by atoms with Gasteiger partial charge < -0.3 is 10.7 Å². The van der Waals surface area contributed by atoms with Crippen molar-refractivity contribution in [3.05, 3.63) is 11.5 Å². The molecule has 3 nitrogen and oxygen atoms in total. The summed E-state index contributed by atoms with van der Waals surface area (Å²) in [5.41, 5.74) is 2.74. The smallest absolute Gasteiger partial charge is 0.141 e. The quantitative estimate of drug-likeness (QED) is 0.251. The molecular formula is C12H21FN3P. The van der Waals surface area contributed by atoms with Gasteiger partial charge in [-0.05, 0) is 31.0 Å². The third kappa shape index (κ3) is 7.76. The van der Waals surface area contributed by atoms with E-state index in [1.54, 1.807) is 7.05 Å². The average molecular weight is 257 g/mol. The van der Waals surface area contributed by atoms with Gasteiger partial charge in [-0.25, -0.2) is 4.39 Å². The van der Waals surface area contributed by atoms with Crippen LogP contribution in [0, 0.1) is 11.8 Å². The van der Waals surface area contributed by atoms with Gasteiger partial charge >= 0.3 is 0 Å². The highest BCUT2D eigenvalue weighted by Gasteiger charge is 1.97. The molecule has 0 aliphatic carbocycles. The number of hydrogen-bond donors (Lipinski definition) is 2. The maximum Gasteiger partial charge on any atom is 0.141 e. The lowest BCUT2D eigenvalue weighted by Crippen LogP contribution is -2.08. The second kappa shape index (κ2) is 10.1. The van der Waals surface area contributed by atoms with Crippen molar-refractivity contribution in [2.24, 2.45) is 5.10 Å². The topological polar surface area (TPSA) is 36.4 Å². The molecule has 0 amide bonds. The monoisotopic (exact) mass is 257 g/mol. The first-order chi connectivity index (χ1) is 8.15. The molecule has 0 fully saturated rings. The van der Waals surface area contributed by atoms with Crippen LogP contribution >= 0.6 is 7.92 Å². The molecule has 0 aliphatic heterocycles. The van der Waals surface area contributed by atoms with Gasteiger partial charge in [0.25, 0.3) is 0 Å². The standard InChI is InChI=1S/C12H21FN3P/c1-5-12(17(3)4)10-15-8-6-7-11(9-13)16-14-2/h10,14-15H,5,8-9H2,1-4H3/b12-10+,16-11-. The molecule has 0 rings (SSSR count). The summed E-state index contributed by atoms with van der Waals surface area (Å²) < 4.78 is 12.3. The lowest BCUT2D eigenvalue weighted by atomic mass is 10.4. The van der Waals surface area contributed by atoms with Crippen LogP contribution in [-0.4, -0.2) is 39.3 Å². The van der Waals surface area contributed by atoms with E-state index in [1.165, 1.54) is 5.31 Å². The van der Waals surface area contributed by atoms with E-state index in [0.29, 0.717) is 6.54 Å². The molecule has 5 heteroatoms. The third-order valence-corrected chi connectivity index (χ3v) is 3.60. The van der Waals surface area contributed by atoms with Crippen molar-refractivity contribution in [2.75, 3.05) is 33.6 Å². The Hall–Kier alpha value is -1.07. The van der Waals surface area contributed by atoms with Crippen LogP contribution in [0.15, 0.2) is 16.6 Å². The number of rotatable bonds is 6. The van der Waals surface area contributed by atoms with Crippen LogP contribution < -0.4 is 10.7 Å². The van der Waals surface area contributed by atoms with Crippen molar-refractivity contribution in [1.82, 2.24) is 10.7 Å². The number of nitrogens with zero attached hydrogens (tertiary/aromatic N) is 1. The van der Waals surface area contributed by atoms with Crippen molar-refractivity contribution < 1.29 is 4.39 Å². The van der Waals surface area contributed by atoms with Crippen molar-refractivity contribution in [1.29, 1.82) is 0 Å². The molecule has 0 saturated carbocycles. The Balaban J connectivity index is 4.15. The van der Waals surface area contributed by atoms with Crippen LogP contribution in [0.4, 0.5) is 4.39 Å². The molecule has 0 unspecified atom stereocenters. The Morgan fingerprint density at radius 2 is 2.18 bits per heavy atom. The zero-order valence-electron chi connectivity index (χ0n) is 11.0. The van der Waals surface area contributed by atoms with E-state index in [0.717, 1.165) is 6.42 Å². The lowest BCUT2D eigenvalue weighted by molar-refractivity contribution is 0.580. The first-order valence-electron chi connectivity index (χ1n) is 5.53. The van der Waals surface area contributed by atoms with Gasteiger partial charge in [-0.1, -0.05) is 20.8 Å². The predicted molar refractivity (Wildman–Crippen MR) is 75.4 cm³/mol. The molecule has 0 aliphatic rings. The fourth-order valence-corrected chi connectivity index (χ4v) is 2.12. The third-order valence-electron chi connectivity index (χ3n) is 2.00. The van der Waals surface area contributed by atoms with Gasteiger partial charge in [0.05, 0.1) is 6.54 Å². The maximum absolute atomic E-state index is 12.3. The molecular weight excluding hydrogens is 236 g/mol. The summed E-state index contributed by atoms with van der Waals surface area (Å²) in [4.78, 5) is 0. The Labute approximate surface area is 105 Å². The van der Waals surface area contributed by atoms with Crippen molar-refractivity contribution >= 4 is 13.6 Å². The Morgan fingerprint density at radius 3 is 2.65 bits per heavy atom. The molecule has 0 heterocycles. The van der Waals surface area contributed by atoms with Gasteiger partial charge in [0.1, 0.15) is 12.4 Å². The van der Waals surface area contributed by atoms with E-state index in [2.05, 4.69) is 47.9 Å². The number of hydrogen-bond acceptors (Lipinski definition) is 3. The van der Waals surface area contributed by atoms with E-state index in [1.807, 2.05) is 6.20 Å². The number of hydrazone groups is 1. The SMILES string of the molecule is CC/C(=C\NCC#C/C(CF)=N/NC)P(C)C. The van der Waals surface area contributed by atoms with E-state index in [4.69, 9.17) is 0 Å². The zero-order valence-corrected chi connectivity index (χ0v) is 11.9. The molecule has 0 aromatic heterocycles. The summed E-state index contributed by atoms with van der Waals surface area (Å²) in [5, 5.41) is 8.23. The van der Waals surface area contributed by atoms with Gasteiger partial charge in [0.15, 0.2) is 0 Å². The second-order valence-corrected chi connectivity index (χ2v) is 5.85. The number of allylic oxidation sites excluding steroid dienone is 1. The van der Waals surface area contributed by atoms with Gasteiger partial charge in [-0.2, -0.15) is 5.10 Å². The molecule has 0 spiro atoms. The molecule has 2 N–H and O–H groups in total. The summed E-state index contributed by atoms with van der Waals surface area (Å²) in [7, 11) is 1.57. The van der Waals surface area contributed by atoms with Gasteiger partial charge in [0, 0.05) is 13.2 Å². The number of alkyl halides is 1. The lowest BCUT2D eigenvalue weighted by Gasteiger charge is -2.08. The minimum atomic E-state index is -0.640. The summed E-state index contributed by atoms with van der Waals surface area (Å²) in [6.07, 6.45) is 3.07. The molecule has 0 aromatic carbocycles. The van der Waals surface area contributed by atoms with Crippen LogP contribution in [0.3, 0.4) is 0 Å². The van der Waals surface area contributed by atoms with Gasteiger partial charge in [0.2, 0.25) is 0 Å². The first-order valence-corrected chi connectivity index (χ1v) is 7.77. The molecule has 0 radical (unpaired) electrons. The number of nitrogens with one attached hydrogen (secondary N) is 2. The fraction of sp³-hybridized carbons (Fsp3) is 0.583. The largest absolute Gasteiger partial charge is 0.380 e. The van der Waals surface area contributed by atoms with Crippen LogP contribution in [0.25, 0.3) is 0 Å². The Kier molecular flexibility index (Phi) is 9.47. The second-order valence-electron chi connectivity index (χ2n) is 3.48. The van der Waals surface area contributed by atoms with Crippen molar-refractivity contribution in [2.45, 2.75) is 13.3 Å². The zero-order chi connectivity index (χ0) is 13.1. The van der Waals surface area contributed by atoms with E-state index in [-0.39, 0.29) is 13.6 Å². The van der Waals surface area contributed by atoms with Gasteiger partial charge in [-0.3, -0.25) is 0 Å². The van der Waals surface area contributed by atoms with Crippen molar-refractivity contribution in [3.63, 3.8) is 0 Å². The van der Waals surface area contributed by atoms with E-state index in [9.17, 15) is 4.39 Å². The van der Waals surface area contributed by atoms with Crippen molar-refractivity contribution in [3.8, 4) is 11.8 Å². The highest BCUT2D eigenvalue weighted by molar-refractivity contribution is 7.60. The summed E-state index contributed by atoms with van der Waals surface area (Å²) >= 11 is 0. The normalized spacial score (nSPS) is 12.1. The summed E-state index contributed by atoms with van der Waals surface area (Å²) in [6.45, 7) is 6.45. The average Bonchev–Trinajstić information content (AvgIpc) is 2.31. The van der Waals surface area contributed by atoms with Crippen LogP contribution in [0.1, 0.15) is 13.3 Å². The summed E-state index contributed by atoms with van der Waals surface area (Å²) in [6, 6.07) is 0. The molecule has 96 valence electrons. The van der Waals surface area contributed by atoms with Crippen LogP contribution in [0.5, 0.6) is 0 Å². The molecule has 17 heavy (non-hydrogen) atoms. The van der Waals surface area contributed by atoms with Gasteiger partial charge in [-0.15, -0.1) is 0 Å². The minimum absolute atomic E-state index is 0.0494. The molecule has 0 aromatic rings. The van der Waals surface area contributed by atoms with E-state index >= 15 is 0 Å². The Bertz CT molecular complexity index is 326.